The number of hydrogen-bond donors (Lipinski definition) is 1. The first-order valence-corrected chi connectivity index (χ1v) is 10.6. The van der Waals surface area contributed by atoms with E-state index >= 15 is 0 Å². The van der Waals surface area contributed by atoms with Gasteiger partial charge in [-0.25, -0.2) is 17.6 Å². The van der Waals surface area contributed by atoms with Crippen molar-refractivity contribution < 1.29 is 22.3 Å². The summed E-state index contributed by atoms with van der Waals surface area (Å²) in [6, 6.07) is 3.46. The van der Waals surface area contributed by atoms with Crippen molar-refractivity contribution >= 4 is 16.0 Å². The van der Waals surface area contributed by atoms with Crippen LogP contribution in [0, 0.1) is 11.7 Å². The summed E-state index contributed by atoms with van der Waals surface area (Å²) >= 11 is 0. The second-order valence-corrected chi connectivity index (χ2v) is 8.86. The normalized spacial score (nSPS) is 19.5. The van der Waals surface area contributed by atoms with Crippen LogP contribution in [-0.2, 0) is 14.8 Å². The Morgan fingerprint density at radius 2 is 1.92 bits per heavy atom. The number of hydrogen-bond acceptors (Lipinski definition) is 5. The van der Waals surface area contributed by atoms with Crippen LogP contribution in [0.5, 0.6) is 0 Å². The Hall–Kier alpha value is -1.51. The first-order valence-electron chi connectivity index (χ1n) is 9.11. The van der Waals surface area contributed by atoms with Crippen molar-refractivity contribution in [2.45, 2.75) is 43.5 Å². The Bertz CT molecular complexity index is 756. The minimum atomic E-state index is -3.84. The van der Waals surface area contributed by atoms with Gasteiger partial charge >= 0.3 is 5.97 Å². The lowest BCUT2D eigenvalue weighted by Crippen LogP contribution is -2.45. The van der Waals surface area contributed by atoms with Crippen molar-refractivity contribution in [2.75, 3.05) is 26.2 Å². The first kappa shape index (κ1) is 19.3. The zero-order valence-electron chi connectivity index (χ0n) is 14.9. The molecule has 144 valence electrons. The molecular formula is C18H25FN2O4S. The van der Waals surface area contributed by atoms with Gasteiger partial charge in [0.15, 0.2) is 0 Å². The van der Waals surface area contributed by atoms with E-state index < -0.39 is 21.8 Å². The summed E-state index contributed by atoms with van der Waals surface area (Å²) in [4.78, 5) is 11.6. The predicted molar refractivity (Wildman–Crippen MR) is 94.9 cm³/mol. The molecule has 1 heterocycles. The van der Waals surface area contributed by atoms with Gasteiger partial charge in [-0.3, -0.25) is 0 Å². The predicted octanol–water partition coefficient (Wildman–Crippen LogP) is 2.16. The van der Waals surface area contributed by atoms with Crippen LogP contribution in [0.3, 0.4) is 0 Å². The summed E-state index contributed by atoms with van der Waals surface area (Å²) < 4.78 is 45.8. The SMILES string of the molecule is CCOC(=O)c1cc(F)cc(S(=O)(=O)N2CCC(NCC3CC3)CC2)c1. The average Bonchev–Trinajstić information content (AvgIpc) is 3.44. The van der Waals surface area contributed by atoms with Crippen LogP contribution >= 0.6 is 0 Å². The minimum absolute atomic E-state index is 0.0913. The molecule has 0 aromatic heterocycles. The van der Waals surface area contributed by atoms with Crippen LogP contribution in [0.2, 0.25) is 0 Å². The molecular weight excluding hydrogens is 359 g/mol. The molecule has 1 aromatic carbocycles. The van der Waals surface area contributed by atoms with Gasteiger partial charge in [-0.2, -0.15) is 4.31 Å². The Morgan fingerprint density at radius 3 is 2.54 bits per heavy atom. The van der Waals surface area contributed by atoms with Gasteiger partial charge in [-0.15, -0.1) is 0 Å². The Morgan fingerprint density at radius 1 is 1.23 bits per heavy atom. The van der Waals surface area contributed by atoms with Crippen LogP contribution in [-0.4, -0.2) is 51.0 Å². The van der Waals surface area contributed by atoms with Gasteiger partial charge in [-0.1, -0.05) is 0 Å². The Labute approximate surface area is 153 Å². The molecule has 0 bridgehead atoms. The van der Waals surface area contributed by atoms with Crippen LogP contribution in [0.1, 0.15) is 43.0 Å². The molecule has 6 nitrogen and oxygen atoms in total. The van der Waals surface area contributed by atoms with E-state index in [0.29, 0.717) is 19.1 Å². The number of benzene rings is 1. The third-order valence-electron chi connectivity index (χ3n) is 4.87. The smallest absolute Gasteiger partial charge is 0.338 e. The summed E-state index contributed by atoms with van der Waals surface area (Å²) in [5.41, 5.74) is -0.0913. The van der Waals surface area contributed by atoms with Gasteiger partial charge < -0.3 is 10.1 Å². The quantitative estimate of drug-likeness (QED) is 0.729. The molecule has 1 aliphatic carbocycles. The zero-order valence-corrected chi connectivity index (χ0v) is 15.7. The van der Waals surface area contributed by atoms with Crippen molar-refractivity contribution in [3.63, 3.8) is 0 Å². The summed E-state index contributed by atoms with van der Waals surface area (Å²) in [6.45, 7) is 3.55. The zero-order chi connectivity index (χ0) is 18.7. The van der Waals surface area contributed by atoms with Crippen LogP contribution in [0.25, 0.3) is 0 Å². The molecule has 0 amide bonds. The fourth-order valence-electron chi connectivity index (χ4n) is 3.15. The van der Waals surface area contributed by atoms with E-state index in [-0.39, 0.29) is 17.1 Å². The Balaban J connectivity index is 1.68. The Kier molecular flexibility index (Phi) is 5.94. The third-order valence-corrected chi connectivity index (χ3v) is 6.74. The van der Waals surface area contributed by atoms with Crippen LogP contribution in [0.15, 0.2) is 23.1 Å². The summed E-state index contributed by atoms with van der Waals surface area (Å²) in [5, 5.41) is 3.50. The maximum absolute atomic E-state index is 13.9. The highest BCUT2D eigenvalue weighted by Gasteiger charge is 2.31. The van der Waals surface area contributed by atoms with Gasteiger partial charge in [0.05, 0.1) is 17.1 Å². The van der Waals surface area contributed by atoms with Crippen LogP contribution in [0.4, 0.5) is 4.39 Å². The number of nitrogens with zero attached hydrogens (tertiary/aromatic N) is 1. The number of carbonyl (C=O) groups excluding carboxylic acids is 1. The second kappa shape index (κ2) is 8.02. The maximum Gasteiger partial charge on any atom is 0.338 e. The molecule has 1 saturated heterocycles. The highest BCUT2D eigenvalue weighted by atomic mass is 32.2. The molecule has 1 aromatic rings. The number of ether oxygens (including phenoxy) is 1. The second-order valence-electron chi connectivity index (χ2n) is 6.93. The molecule has 8 heteroatoms. The van der Waals surface area contributed by atoms with Crippen molar-refractivity contribution in [1.82, 2.24) is 9.62 Å². The number of esters is 1. The molecule has 1 N–H and O–H groups in total. The van der Waals surface area contributed by atoms with Crippen molar-refractivity contribution in [2.24, 2.45) is 5.92 Å². The highest BCUT2D eigenvalue weighted by molar-refractivity contribution is 7.89. The topological polar surface area (TPSA) is 75.7 Å². The maximum atomic E-state index is 13.9. The van der Waals surface area contributed by atoms with Crippen molar-refractivity contribution in [1.29, 1.82) is 0 Å². The summed E-state index contributed by atoms with van der Waals surface area (Å²) in [7, 11) is -3.84. The third kappa shape index (κ3) is 4.61. The molecule has 0 atom stereocenters. The molecule has 0 unspecified atom stereocenters. The molecule has 2 aliphatic rings. The lowest BCUT2D eigenvalue weighted by Gasteiger charge is -2.31. The summed E-state index contributed by atoms with van der Waals surface area (Å²) in [6.07, 6.45) is 4.02. The van der Waals surface area contributed by atoms with Crippen molar-refractivity contribution in [3.05, 3.63) is 29.6 Å². The number of halogens is 1. The summed E-state index contributed by atoms with van der Waals surface area (Å²) in [5.74, 6) is -0.716. The van der Waals surface area contributed by atoms with E-state index in [1.165, 1.54) is 23.2 Å². The van der Waals surface area contributed by atoms with E-state index in [4.69, 9.17) is 4.74 Å². The van der Waals surface area contributed by atoms with E-state index in [1.807, 2.05) is 0 Å². The van der Waals surface area contributed by atoms with Crippen LogP contribution < -0.4 is 5.32 Å². The largest absolute Gasteiger partial charge is 0.462 e. The molecule has 2 fully saturated rings. The monoisotopic (exact) mass is 384 g/mol. The fourth-order valence-corrected chi connectivity index (χ4v) is 4.68. The lowest BCUT2D eigenvalue weighted by atomic mass is 10.1. The molecule has 26 heavy (non-hydrogen) atoms. The molecule has 0 spiro atoms. The number of rotatable bonds is 7. The molecule has 3 rings (SSSR count). The van der Waals surface area contributed by atoms with E-state index in [9.17, 15) is 17.6 Å². The number of sulfonamides is 1. The molecule has 1 aliphatic heterocycles. The van der Waals surface area contributed by atoms with E-state index in [2.05, 4.69) is 5.32 Å². The van der Waals surface area contributed by atoms with Gasteiger partial charge in [0.1, 0.15) is 5.82 Å². The van der Waals surface area contributed by atoms with Gasteiger partial charge in [0.25, 0.3) is 0 Å². The van der Waals surface area contributed by atoms with E-state index in [0.717, 1.165) is 37.4 Å². The van der Waals surface area contributed by atoms with E-state index in [1.54, 1.807) is 6.92 Å². The highest BCUT2D eigenvalue weighted by Crippen LogP contribution is 2.28. The minimum Gasteiger partial charge on any atom is -0.462 e. The number of piperidine rings is 1. The van der Waals surface area contributed by atoms with Gasteiger partial charge in [0.2, 0.25) is 10.0 Å². The number of nitrogens with one attached hydrogen (secondary N) is 1. The fraction of sp³-hybridized carbons (Fsp3) is 0.611. The molecule has 0 radical (unpaired) electrons. The van der Waals surface area contributed by atoms with Crippen molar-refractivity contribution in [3.8, 4) is 0 Å². The van der Waals surface area contributed by atoms with Gasteiger partial charge in [0, 0.05) is 19.1 Å². The average molecular weight is 384 g/mol. The molecule has 1 saturated carbocycles. The van der Waals surface area contributed by atoms with Gasteiger partial charge in [-0.05, 0) is 63.3 Å². The number of carbonyl (C=O) groups is 1. The lowest BCUT2D eigenvalue weighted by molar-refractivity contribution is 0.0525. The first-order chi connectivity index (χ1) is 12.4. The standard InChI is InChI=1S/C18H25FN2O4S/c1-2-25-18(22)14-9-15(19)11-17(10-14)26(23,24)21-7-5-16(6-8-21)20-12-13-3-4-13/h9-11,13,16,20H,2-8,12H2,1H3.